The van der Waals surface area contributed by atoms with Crippen molar-refractivity contribution >= 4 is 50.1 Å². The number of aliphatic hydroxyl groups is 1. The highest BCUT2D eigenvalue weighted by Gasteiger charge is 2.30. The summed E-state index contributed by atoms with van der Waals surface area (Å²) in [5.41, 5.74) is 1.64. The Balaban J connectivity index is 2.39. The smallest absolute Gasteiger partial charge is 0.165 e. The van der Waals surface area contributed by atoms with Gasteiger partial charge < -0.3 is 9.63 Å². The molecule has 8 heteroatoms. The van der Waals surface area contributed by atoms with Gasteiger partial charge in [-0.2, -0.15) is 0 Å². The van der Waals surface area contributed by atoms with Gasteiger partial charge in [0, 0.05) is 22.2 Å². The molecule has 134 valence electrons. The van der Waals surface area contributed by atoms with Crippen molar-refractivity contribution in [1.29, 1.82) is 0 Å². The summed E-state index contributed by atoms with van der Waals surface area (Å²) in [7, 11) is 0. The molecule has 0 saturated heterocycles. The first-order valence-corrected chi connectivity index (χ1v) is 9.86. The summed E-state index contributed by atoms with van der Waals surface area (Å²) in [6.07, 6.45) is 3.56. The Labute approximate surface area is 164 Å². The third-order valence-electron chi connectivity index (χ3n) is 3.50. The predicted molar refractivity (Wildman–Crippen MR) is 105 cm³/mol. The third-order valence-corrected chi connectivity index (χ3v) is 5.35. The van der Waals surface area contributed by atoms with E-state index in [9.17, 15) is 9.90 Å². The number of thioether (sulfide) groups is 1. The maximum Gasteiger partial charge on any atom is 0.165 e. The van der Waals surface area contributed by atoms with Crippen molar-refractivity contribution in [3.05, 3.63) is 51.2 Å². The minimum atomic E-state index is -0.396. The summed E-state index contributed by atoms with van der Waals surface area (Å²) in [4.78, 5) is 16.6. The van der Waals surface area contributed by atoms with Crippen LogP contribution in [0.5, 0.6) is 0 Å². The van der Waals surface area contributed by atoms with Crippen LogP contribution in [0.4, 0.5) is 0 Å². The van der Waals surface area contributed by atoms with Crippen molar-refractivity contribution in [3.63, 3.8) is 0 Å². The van der Waals surface area contributed by atoms with Gasteiger partial charge >= 0.3 is 0 Å². The van der Waals surface area contributed by atoms with E-state index in [-0.39, 0.29) is 17.1 Å². The second-order valence-corrected chi connectivity index (χ2v) is 7.59. The number of carbonyl (C=O) groups excluding carboxylic acids is 1. The molecule has 2 rings (SSSR count). The number of aromatic nitrogens is 1. The molecule has 1 N–H and O–H groups in total. The third kappa shape index (κ3) is 4.86. The first kappa shape index (κ1) is 20.0. The molecule has 0 radical (unpaired) electrons. The number of allylic oxidation sites excluding steroid dienone is 3. The number of ketones is 1. The predicted octanol–water partition coefficient (Wildman–Crippen LogP) is 5.07. The van der Waals surface area contributed by atoms with Crippen molar-refractivity contribution in [2.45, 2.75) is 26.5 Å². The molecule has 2 heterocycles. The SMILES string of the molecule is CC(=O)C1=C(O)C(C)/C(=C(Br)\C=C/CCl)N=C1SCc1cc(C)on1. The fourth-order valence-electron chi connectivity index (χ4n) is 2.27. The molecule has 0 aromatic carbocycles. The number of halogens is 2. The molecule has 0 aliphatic carbocycles. The van der Waals surface area contributed by atoms with E-state index < -0.39 is 5.92 Å². The highest BCUT2D eigenvalue weighted by Crippen LogP contribution is 2.36. The largest absolute Gasteiger partial charge is 0.511 e. The van der Waals surface area contributed by atoms with Crippen LogP contribution in [-0.2, 0) is 10.5 Å². The second-order valence-electron chi connectivity index (χ2n) is 5.46. The first-order chi connectivity index (χ1) is 11.8. The van der Waals surface area contributed by atoms with Gasteiger partial charge in [-0.1, -0.05) is 23.0 Å². The molecule has 1 aliphatic rings. The Morgan fingerprint density at radius 2 is 2.28 bits per heavy atom. The molecule has 1 unspecified atom stereocenters. The number of carbonyl (C=O) groups is 1. The van der Waals surface area contributed by atoms with Crippen LogP contribution in [0.3, 0.4) is 0 Å². The lowest BCUT2D eigenvalue weighted by Gasteiger charge is -2.23. The molecule has 5 nitrogen and oxygen atoms in total. The van der Waals surface area contributed by atoms with Gasteiger partial charge in [0.05, 0.1) is 22.9 Å². The van der Waals surface area contributed by atoms with Crippen molar-refractivity contribution in [1.82, 2.24) is 5.16 Å². The lowest BCUT2D eigenvalue weighted by molar-refractivity contribution is -0.113. The summed E-state index contributed by atoms with van der Waals surface area (Å²) < 4.78 is 5.76. The van der Waals surface area contributed by atoms with Gasteiger partial charge in [-0.15, -0.1) is 11.6 Å². The topological polar surface area (TPSA) is 75.7 Å². The summed E-state index contributed by atoms with van der Waals surface area (Å²) in [5, 5.41) is 15.0. The number of aliphatic imine (C=N–C) groups is 1. The van der Waals surface area contributed by atoms with Crippen LogP contribution in [0.2, 0.25) is 0 Å². The second kappa shape index (κ2) is 8.87. The Hall–Kier alpha value is -1.31. The Bertz CT molecular complexity index is 796. The number of hydrogen-bond donors (Lipinski definition) is 1. The number of nitrogens with zero attached hydrogens (tertiary/aromatic N) is 2. The van der Waals surface area contributed by atoms with Gasteiger partial charge in [-0.25, -0.2) is 4.99 Å². The first-order valence-electron chi connectivity index (χ1n) is 7.55. The van der Waals surface area contributed by atoms with E-state index in [4.69, 9.17) is 16.1 Å². The molecule has 0 amide bonds. The lowest BCUT2D eigenvalue weighted by Crippen LogP contribution is -2.21. The minimum Gasteiger partial charge on any atom is -0.511 e. The lowest BCUT2D eigenvalue weighted by atomic mass is 9.96. The monoisotopic (exact) mass is 444 g/mol. The number of rotatable bonds is 5. The van der Waals surface area contributed by atoms with Crippen molar-refractivity contribution in [2.24, 2.45) is 10.9 Å². The molecule has 1 aromatic heterocycles. The summed E-state index contributed by atoms with van der Waals surface area (Å²) in [5.74, 6) is 0.970. The molecule has 0 spiro atoms. The maximum absolute atomic E-state index is 12.0. The molecule has 0 fully saturated rings. The van der Waals surface area contributed by atoms with Gasteiger partial charge in [-0.05, 0) is 42.8 Å². The number of alkyl halides is 1. The van der Waals surface area contributed by atoms with E-state index in [1.165, 1.54) is 18.7 Å². The van der Waals surface area contributed by atoms with E-state index in [1.807, 2.05) is 13.0 Å². The van der Waals surface area contributed by atoms with Crippen molar-refractivity contribution in [2.75, 3.05) is 5.88 Å². The van der Waals surface area contributed by atoms with Crippen LogP contribution >= 0.6 is 39.3 Å². The Kier molecular flexibility index (Phi) is 7.10. The summed E-state index contributed by atoms with van der Waals surface area (Å²) in [6, 6.07) is 1.83. The average Bonchev–Trinajstić information content (AvgIpc) is 2.98. The van der Waals surface area contributed by atoms with Crippen LogP contribution in [0.1, 0.15) is 25.3 Å². The van der Waals surface area contributed by atoms with Crippen LogP contribution in [-0.4, -0.2) is 27.0 Å². The zero-order valence-electron chi connectivity index (χ0n) is 14.0. The van der Waals surface area contributed by atoms with E-state index >= 15 is 0 Å². The van der Waals surface area contributed by atoms with Crippen LogP contribution < -0.4 is 0 Å². The van der Waals surface area contributed by atoms with Gasteiger partial charge in [0.1, 0.15) is 16.6 Å². The zero-order chi connectivity index (χ0) is 18.6. The minimum absolute atomic E-state index is 0.0209. The van der Waals surface area contributed by atoms with E-state index in [0.717, 1.165) is 11.5 Å². The van der Waals surface area contributed by atoms with E-state index in [1.54, 1.807) is 19.1 Å². The Morgan fingerprint density at radius 3 is 2.84 bits per heavy atom. The quantitative estimate of drug-likeness (QED) is 0.641. The normalized spacial score (nSPS) is 20.2. The van der Waals surface area contributed by atoms with Crippen molar-refractivity contribution in [3.8, 4) is 0 Å². The molecule has 1 atom stereocenters. The fraction of sp³-hybridized carbons (Fsp3) is 0.353. The van der Waals surface area contributed by atoms with Crippen LogP contribution in [0.15, 0.2) is 49.2 Å². The summed E-state index contributed by atoms with van der Waals surface area (Å²) in [6.45, 7) is 5.04. The summed E-state index contributed by atoms with van der Waals surface area (Å²) >= 11 is 10.5. The standard InChI is InChI=1S/C17H18BrClN2O3S/c1-9-7-12(21-24-9)8-25-17-14(11(3)22)16(23)10(2)15(20-17)13(18)5-4-6-19/h4-5,7,10,23H,6,8H2,1-3H3/b5-4-,15-13-. The highest BCUT2D eigenvalue weighted by atomic mass is 79.9. The zero-order valence-corrected chi connectivity index (χ0v) is 17.2. The number of Topliss-reactive ketones (excluding diaryl/α,β-unsaturated/α-hetero) is 1. The number of hydrogen-bond acceptors (Lipinski definition) is 6. The molecular weight excluding hydrogens is 428 g/mol. The fourth-order valence-corrected chi connectivity index (χ4v) is 3.96. The molecular formula is C17H18BrClN2O3S. The number of aliphatic hydroxyl groups excluding tert-OH is 1. The van der Waals surface area contributed by atoms with Gasteiger partial charge in [0.15, 0.2) is 5.78 Å². The molecule has 1 aliphatic heterocycles. The van der Waals surface area contributed by atoms with E-state index in [2.05, 4.69) is 26.1 Å². The maximum atomic E-state index is 12.0. The molecule has 25 heavy (non-hydrogen) atoms. The van der Waals surface area contributed by atoms with Gasteiger partial charge in [0.25, 0.3) is 0 Å². The van der Waals surface area contributed by atoms with Crippen LogP contribution in [0, 0.1) is 12.8 Å². The van der Waals surface area contributed by atoms with Crippen molar-refractivity contribution < 1.29 is 14.4 Å². The molecule has 0 bridgehead atoms. The average molecular weight is 446 g/mol. The van der Waals surface area contributed by atoms with Gasteiger partial charge in [-0.3, -0.25) is 4.79 Å². The van der Waals surface area contributed by atoms with E-state index in [0.29, 0.717) is 26.9 Å². The van der Waals surface area contributed by atoms with Gasteiger partial charge in [0.2, 0.25) is 0 Å². The van der Waals surface area contributed by atoms with Crippen LogP contribution in [0.25, 0.3) is 0 Å². The number of dihydropyridines is 1. The number of aryl methyl sites for hydroxylation is 1. The molecule has 1 aromatic rings. The molecule has 0 saturated carbocycles. The highest BCUT2D eigenvalue weighted by molar-refractivity contribution is 9.11. The Morgan fingerprint density at radius 1 is 1.56 bits per heavy atom.